The molecule has 1 N–H and O–H groups in total. The molecule has 0 bridgehead atoms. The number of sulfonamides is 1. The molecule has 0 spiro atoms. The Balaban J connectivity index is 1.67. The van der Waals surface area contributed by atoms with Gasteiger partial charge in [0.1, 0.15) is 11.2 Å². The molecule has 1 atom stereocenters. The second-order valence-electron chi connectivity index (χ2n) is 6.69. The summed E-state index contributed by atoms with van der Waals surface area (Å²) in [6.45, 7) is 3.95. The predicted octanol–water partition coefficient (Wildman–Crippen LogP) is 5.19. The highest BCUT2D eigenvalue weighted by atomic mass is 32.2. The standard InChI is InChI=1S/C22H21NO3S/c1-3-16-8-10-17(11-9-16)15(2)23-27(24,25)18-12-13-22-20(14-18)19-6-4-5-7-21(19)26-22/h4-15,23H,3H2,1-2H3/t15-/m1/s1. The number of hydrogen-bond acceptors (Lipinski definition) is 3. The normalized spacial score (nSPS) is 13.3. The van der Waals surface area contributed by atoms with Gasteiger partial charge in [-0.05, 0) is 48.7 Å². The smallest absolute Gasteiger partial charge is 0.241 e. The Morgan fingerprint density at radius 2 is 1.63 bits per heavy atom. The van der Waals surface area contributed by atoms with Gasteiger partial charge in [-0.15, -0.1) is 0 Å². The van der Waals surface area contributed by atoms with E-state index in [1.165, 1.54) is 5.56 Å². The summed E-state index contributed by atoms with van der Waals surface area (Å²) in [5.74, 6) is 0. The SMILES string of the molecule is CCc1ccc([C@@H](C)NS(=O)(=O)c2ccc3oc4ccccc4c3c2)cc1. The third-order valence-electron chi connectivity index (χ3n) is 4.88. The summed E-state index contributed by atoms with van der Waals surface area (Å²) < 4.78 is 34.3. The van der Waals surface area contributed by atoms with Gasteiger partial charge in [-0.2, -0.15) is 0 Å². The average molecular weight is 379 g/mol. The van der Waals surface area contributed by atoms with Crippen LogP contribution in [0.4, 0.5) is 0 Å². The van der Waals surface area contributed by atoms with Crippen LogP contribution in [0.1, 0.15) is 31.0 Å². The Morgan fingerprint density at radius 3 is 2.37 bits per heavy atom. The van der Waals surface area contributed by atoms with E-state index in [2.05, 4.69) is 11.6 Å². The number of fused-ring (bicyclic) bond motifs is 3. The Bertz CT molecular complexity index is 1210. The van der Waals surface area contributed by atoms with Crippen molar-refractivity contribution in [3.63, 3.8) is 0 Å². The molecule has 0 fully saturated rings. The molecule has 0 aliphatic rings. The maximum Gasteiger partial charge on any atom is 0.241 e. The number of furan rings is 1. The van der Waals surface area contributed by atoms with Crippen molar-refractivity contribution in [2.45, 2.75) is 31.2 Å². The van der Waals surface area contributed by atoms with Gasteiger partial charge >= 0.3 is 0 Å². The van der Waals surface area contributed by atoms with Gasteiger partial charge in [0.2, 0.25) is 10.0 Å². The van der Waals surface area contributed by atoms with Crippen LogP contribution < -0.4 is 4.72 Å². The summed E-state index contributed by atoms with van der Waals surface area (Å²) in [5, 5.41) is 1.71. The summed E-state index contributed by atoms with van der Waals surface area (Å²) >= 11 is 0. The molecular formula is C22H21NO3S. The molecule has 1 heterocycles. The fourth-order valence-electron chi connectivity index (χ4n) is 3.28. The lowest BCUT2D eigenvalue weighted by Crippen LogP contribution is -2.26. The molecular weight excluding hydrogens is 358 g/mol. The first-order valence-electron chi connectivity index (χ1n) is 9.00. The van der Waals surface area contributed by atoms with Crippen molar-refractivity contribution in [1.29, 1.82) is 0 Å². The Kier molecular flexibility index (Phi) is 4.50. The second-order valence-corrected chi connectivity index (χ2v) is 8.41. The first kappa shape index (κ1) is 17.8. The van der Waals surface area contributed by atoms with E-state index in [0.29, 0.717) is 5.58 Å². The predicted molar refractivity (Wildman–Crippen MR) is 108 cm³/mol. The number of rotatable bonds is 5. The Labute approximate surface area is 158 Å². The highest BCUT2D eigenvalue weighted by Crippen LogP contribution is 2.30. The Morgan fingerprint density at radius 1 is 0.926 bits per heavy atom. The van der Waals surface area contributed by atoms with E-state index in [0.717, 1.165) is 28.3 Å². The molecule has 4 nitrogen and oxygen atoms in total. The van der Waals surface area contributed by atoms with Crippen LogP contribution in [0, 0.1) is 0 Å². The van der Waals surface area contributed by atoms with Crippen LogP contribution in [-0.4, -0.2) is 8.42 Å². The van der Waals surface area contributed by atoms with Crippen LogP contribution in [-0.2, 0) is 16.4 Å². The molecule has 1 aromatic heterocycles. The minimum atomic E-state index is -3.65. The zero-order chi connectivity index (χ0) is 19.0. The third kappa shape index (κ3) is 3.36. The lowest BCUT2D eigenvalue weighted by Gasteiger charge is -2.15. The van der Waals surface area contributed by atoms with E-state index in [-0.39, 0.29) is 10.9 Å². The van der Waals surface area contributed by atoms with E-state index < -0.39 is 10.0 Å². The molecule has 0 radical (unpaired) electrons. The fraction of sp³-hybridized carbons (Fsp3) is 0.182. The van der Waals surface area contributed by atoms with E-state index in [1.807, 2.05) is 55.5 Å². The van der Waals surface area contributed by atoms with Crippen LogP contribution in [0.25, 0.3) is 21.9 Å². The van der Waals surface area contributed by atoms with Gasteiger partial charge in [0.15, 0.2) is 0 Å². The second kappa shape index (κ2) is 6.83. The van der Waals surface area contributed by atoms with Crippen LogP contribution in [0.3, 0.4) is 0 Å². The number of para-hydroxylation sites is 1. The average Bonchev–Trinajstić information content (AvgIpc) is 3.05. The molecule has 27 heavy (non-hydrogen) atoms. The molecule has 0 saturated heterocycles. The largest absolute Gasteiger partial charge is 0.456 e. The maximum absolute atomic E-state index is 12.9. The number of hydrogen-bond donors (Lipinski definition) is 1. The van der Waals surface area contributed by atoms with Crippen LogP contribution in [0.5, 0.6) is 0 Å². The van der Waals surface area contributed by atoms with E-state index in [9.17, 15) is 8.42 Å². The van der Waals surface area contributed by atoms with Crippen molar-refractivity contribution in [3.8, 4) is 0 Å². The fourth-order valence-corrected chi connectivity index (χ4v) is 4.54. The molecule has 3 aromatic carbocycles. The van der Waals surface area contributed by atoms with Crippen LogP contribution in [0.15, 0.2) is 76.0 Å². The lowest BCUT2D eigenvalue weighted by molar-refractivity contribution is 0.567. The first-order chi connectivity index (χ1) is 13.0. The summed E-state index contributed by atoms with van der Waals surface area (Å²) in [7, 11) is -3.65. The molecule has 0 amide bonds. The molecule has 4 rings (SSSR count). The Hall–Kier alpha value is -2.63. The number of benzene rings is 3. The van der Waals surface area contributed by atoms with Gasteiger partial charge in [0.25, 0.3) is 0 Å². The third-order valence-corrected chi connectivity index (χ3v) is 6.42. The van der Waals surface area contributed by atoms with Crippen LogP contribution >= 0.6 is 0 Å². The van der Waals surface area contributed by atoms with Crippen molar-refractivity contribution >= 4 is 32.0 Å². The lowest BCUT2D eigenvalue weighted by atomic mass is 10.1. The summed E-state index contributed by atoms with van der Waals surface area (Å²) in [6, 6.07) is 20.3. The minimum Gasteiger partial charge on any atom is -0.456 e. The molecule has 138 valence electrons. The number of aryl methyl sites for hydroxylation is 1. The molecule has 0 unspecified atom stereocenters. The monoisotopic (exact) mass is 379 g/mol. The van der Waals surface area contributed by atoms with Gasteiger partial charge < -0.3 is 4.42 Å². The van der Waals surface area contributed by atoms with Crippen molar-refractivity contribution in [1.82, 2.24) is 4.72 Å². The molecule has 4 aromatic rings. The zero-order valence-corrected chi connectivity index (χ0v) is 16.1. The first-order valence-corrected chi connectivity index (χ1v) is 10.5. The van der Waals surface area contributed by atoms with Gasteiger partial charge in [-0.3, -0.25) is 0 Å². The highest BCUT2D eigenvalue weighted by Gasteiger charge is 2.20. The minimum absolute atomic E-state index is 0.235. The highest BCUT2D eigenvalue weighted by molar-refractivity contribution is 7.89. The zero-order valence-electron chi connectivity index (χ0n) is 15.3. The summed E-state index contributed by atoms with van der Waals surface area (Å²) in [6.07, 6.45) is 0.957. The van der Waals surface area contributed by atoms with Crippen molar-refractivity contribution < 1.29 is 12.8 Å². The summed E-state index contributed by atoms with van der Waals surface area (Å²) in [5.41, 5.74) is 3.59. The van der Waals surface area contributed by atoms with Gasteiger partial charge in [0.05, 0.1) is 4.90 Å². The van der Waals surface area contributed by atoms with Crippen molar-refractivity contribution in [2.75, 3.05) is 0 Å². The quantitative estimate of drug-likeness (QED) is 0.519. The number of nitrogens with one attached hydrogen (secondary N) is 1. The maximum atomic E-state index is 12.9. The molecule has 5 heteroatoms. The summed E-state index contributed by atoms with van der Waals surface area (Å²) in [4.78, 5) is 0.235. The van der Waals surface area contributed by atoms with Crippen LogP contribution in [0.2, 0.25) is 0 Å². The van der Waals surface area contributed by atoms with E-state index in [1.54, 1.807) is 18.2 Å². The van der Waals surface area contributed by atoms with Crippen molar-refractivity contribution in [2.24, 2.45) is 0 Å². The topological polar surface area (TPSA) is 59.3 Å². The van der Waals surface area contributed by atoms with Crippen molar-refractivity contribution in [3.05, 3.63) is 77.9 Å². The molecule has 0 saturated carbocycles. The van der Waals surface area contributed by atoms with Gasteiger partial charge in [-0.1, -0.05) is 49.4 Å². The van der Waals surface area contributed by atoms with Gasteiger partial charge in [-0.25, -0.2) is 13.1 Å². The molecule has 0 aliphatic carbocycles. The van der Waals surface area contributed by atoms with Gasteiger partial charge in [0, 0.05) is 16.8 Å². The molecule has 0 aliphatic heterocycles. The van der Waals surface area contributed by atoms with E-state index >= 15 is 0 Å². The van der Waals surface area contributed by atoms with E-state index in [4.69, 9.17) is 4.42 Å².